The molecule has 0 aliphatic rings. The van der Waals surface area contributed by atoms with E-state index in [2.05, 4.69) is 21.2 Å². The van der Waals surface area contributed by atoms with Crippen molar-refractivity contribution in [3.8, 4) is 0 Å². The highest BCUT2D eigenvalue weighted by Crippen LogP contribution is 2.23. The molecule has 16 heavy (non-hydrogen) atoms. The third-order valence-electron chi connectivity index (χ3n) is 2.10. The average molecular weight is 281 g/mol. The molecule has 0 saturated heterocycles. The Bertz CT molecular complexity index is 514. The van der Waals surface area contributed by atoms with E-state index < -0.39 is 0 Å². The molecule has 82 valence electrons. The zero-order valence-electron chi connectivity index (χ0n) is 8.37. The third-order valence-corrected chi connectivity index (χ3v) is 2.59. The number of rotatable bonds is 2. The van der Waals surface area contributed by atoms with Gasteiger partial charge in [-0.25, -0.2) is 4.39 Å². The van der Waals surface area contributed by atoms with E-state index in [4.69, 9.17) is 5.73 Å². The summed E-state index contributed by atoms with van der Waals surface area (Å²) in [4.78, 5) is 0. The molecule has 0 radical (unpaired) electrons. The molecule has 0 heterocycles. The molecule has 2 aromatic carbocycles. The summed E-state index contributed by atoms with van der Waals surface area (Å²) in [6.45, 7) is 0. The number of nitrogens with two attached hydrogens (primary N) is 1. The fraction of sp³-hybridized carbons (Fsp3) is 0. The molecule has 3 N–H and O–H groups in total. The van der Waals surface area contributed by atoms with Gasteiger partial charge in [0, 0.05) is 15.8 Å². The van der Waals surface area contributed by atoms with Crippen molar-refractivity contribution in [3.05, 3.63) is 52.8 Å². The van der Waals surface area contributed by atoms with Gasteiger partial charge in [0.2, 0.25) is 0 Å². The van der Waals surface area contributed by atoms with Crippen LogP contribution in [0.15, 0.2) is 46.9 Å². The SMILES string of the molecule is Nc1cccc(Nc2ccc(Br)cc2F)c1. The first kappa shape index (κ1) is 11.0. The van der Waals surface area contributed by atoms with E-state index >= 15 is 0 Å². The molecule has 2 aromatic rings. The Kier molecular flexibility index (Phi) is 3.10. The van der Waals surface area contributed by atoms with Gasteiger partial charge in [0.1, 0.15) is 5.82 Å². The Morgan fingerprint density at radius 1 is 1.12 bits per heavy atom. The number of anilines is 3. The fourth-order valence-electron chi connectivity index (χ4n) is 1.36. The summed E-state index contributed by atoms with van der Waals surface area (Å²) in [5.41, 5.74) is 7.46. The number of hydrogen-bond acceptors (Lipinski definition) is 2. The van der Waals surface area contributed by atoms with Crippen molar-refractivity contribution in [2.24, 2.45) is 0 Å². The quantitative estimate of drug-likeness (QED) is 0.819. The molecule has 0 aliphatic heterocycles. The van der Waals surface area contributed by atoms with Gasteiger partial charge in [0.15, 0.2) is 0 Å². The highest BCUT2D eigenvalue weighted by molar-refractivity contribution is 9.10. The lowest BCUT2D eigenvalue weighted by Crippen LogP contribution is -1.94. The topological polar surface area (TPSA) is 38.0 Å². The molecule has 0 fully saturated rings. The molecular weight excluding hydrogens is 271 g/mol. The van der Waals surface area contributed by atoms with Crippen LogP contribution in [-0.2, 0) is 0 Å². The van der Waals surface area contributed by atoms with E-state index in [0.29, 0.717) is 15.8 Å². The van der Waals surface area contributed by atoms with Crippen molar-refractivity contribution in [2.75, 3.05) is 11.1 Å². The second-order valence-electron chi connectivity index (χ2n) is 3.37. The lowest BCUT2D eigenvalue weighted by Gasteiger charge is -2.08. The van der Waals surface area contributed by atoms with Gasteiger partial charge < -0.3 is 11.1 Å². The molecule has 0 amide bonds. The van der Waals surface area contributed by atoms with Crippen LogP contribution in [0.2, 0.25) is 0 Å². The molecule has 0 spiro atoms. The fourth-order valence-corrected chi connectivity index (χ4v) is 1.70. The first-order valence-corrected chi connectivity index (χ1v) is 5.52. The summed E-state index contributed by atoms with van der Waals surface area (Å²) in [5, 5.41) is 2.96. The minimum absolute atomic E-state index is 0.309. The summed E-state index contributed by atoms with van der Waals surface area (Å²) >= 11 is 3.21. The molecule has 0 aromatic heterocycles. The Morgan fingerprint density at radius 3 is 2.62 bits per heavy atom. The van der Waals surface area contributed by atoms with Gasteiger partial charge in [-0.05, 0) is 36.4 Å². The lowest BCUT2D eigenvalue weighted by molar-refractivity contribution is 0.631. The van der Waals surface area contributed by atoms with E-state index in [9.17, 15) is 4.39 Å². The third kappa shape index (κ3) is 2.52. The van der Waals surface area contributed by atoms with E-state index in [-0.39, 0.29) is 5.82 Å². The Labute approximate surface area is 101 Å². The van der Waals surface area contributed by atoms with Crippen molar-refractivity contribution in [1.29, 1.82) is 0 Å². The van der Waals surface area contributed by atoms with Crippen LogP contribution < -0.4 is 11.1 Å². The van der Waals surface area contributed by atoms with E-state index in [1.807, 2.05) is 12.1 Å². The van der Waals surface area contributed by atoms with Gasteiger partial charge in [-0.1, -0.05) is 22.0 Å². The molecule has 0 aliphatic carbocycles. The number of hydrogen-bond donors (Lipinski definition) is 2. The summed E-state index contributed by atoms with van der Waals surface area (Å²) in [6, 6.07) is 12.0. The summed E-state index contributed by atoms with van der Waals surface area (Å²) in [7, 11) is 0. The minimum Gasteiger partial charge on any atom is -0.399 e. The summed E-state index contributed by atoms with van der Waals surface area (Å²) in [6.07, 6.45) is 0. The van der Waals surface area contributed by atoms with Gasteiger partial charge in [-0.15, -0.1) is 0 Å². The van der Waals surface area contributed by atoms with Crippen LogP contribution in [-0.4, -0.2) is 0 Å². The zero-order valence-corrected chi connectivity index (χ0v) is 9.96. The highest BCUT2D eigenvalue weighted by Gasteiger charge is 2.02. The monoisotopic (exact) mass is 280 g/mol. The van der Waals surface area contributed by atoms with Crippen molar-refractivity contribution in [2.45, 2.75) is 0 Å². The maximum Gasteiger partial charge on any atom is 0.147 e. The van der Waals surface area contributed by atoms with E-state index in [0.717, 1.165) is 5.69 Å². The predicted octanol–water partition coefficient (Wildman–Crippen LogP) is 3.91. The largest absolute Gasteiger partial charge is 0.399 e. The van der Waals surface area contributed by atoms with Gasteiger partial charge >= 0.3 is 0 Å². The highest BCUT2D eigenvalue weighted by atomic mass is 79.9. The Hall–Kier alpha value is -1.55. The normalized spacial score (nSPS) is 10.1. The second kappa shape index (κ2) is 4.53. The number of halogens is 2. The van der Waals surface area contributed by atoms with Crippen molar-refractivity contribution >= 4 is 33.0 Å². The number of nitrogens with one attached hydrogen (secondary N) is 1. The van der Waals surface area contributed by atoms with Crippen LogP contribution in [0.5, 0.6) is 0 Å². The summed E-state index contributed by atoms with van der Waals surface area (Å²) < 4.78 is 14.2. The van der Waals surface area contributed by atoms with E-state index in [1.54, 1.807) is 24.3 Å². The van der Waals surface area contributed by atoms with Gasteiger partial charge in [-0.2, -0.15) is 0 Å². The lowest BCUT2D eigenvalue weighted by atomic mass is 10.2. The van der Waals surface area contributed by atoms with Crippen LogP contribution >= 0.6 is 15.9 Å². The van der Waals surface area contributed by atoms with Crippen LogP contribution in [0, 0.1) is 5.82 Å². The molecule has 2 nitrogen and oxygen atoms in total. The van der Waals surface area contributed by atoms with Crippen LogP contribution in [0.1, 0.15) is 0 Å². The van der Waals surface area contributed by atoms with Gasteiger partial charge in [-0.3, -0.25) is 0 Å². The number of nitrogen functional groups attached to an aromatic ring is 1. The second-order valence-corrected chi connectivity index (χ2v) is 4.29. The maximum absolute atomic E-state index is 13.5. The predicted molar refractivity (Wildman–Crippen MR) is 68.2 cm³/mol. The first-order valence-electron chi connectivity index (χ1n) is 4.73. The van der Waals surface area contributed by atoms with Gasteiger partial charge in [0.25, 0.3) is 0 Å². The molecule has 0 saturated carbocycles. The number of benzene rings is 2. The minimum atomic E-state index is -0.309. The average Bonchev–Trinajstić information content (AvgIpc) is 2.22. The van der Waals surface area contributed by atoms with Gasteiger partial charge in [0.05, 0.1) is 5.69 Å². The molecule has 4 heteroatoms. The molecule has 0 atom stereocenters. The Balaban J connectivity index is 2.27. The maximum atomic E-state index is 13.5. The van der Waals surface area contributed by atoms with E-state index in [1.165, 1.54) is 6.07 Å². The van der Waals surface area contributed by atoms with Crippen molar-refractivity contribution in [1.82, 2.24) is 0 Å². The van der Waals surface area contributed by atoms with Crippen molar-refractivity contribution in [3.63, 3.8) is 0 Å². The molecule has 0 unspecified atom stereocenters. The van der Waals surface area contributed by atoms with Crippen molar-refractivity contribution < 1.29 is 4.39 Å². The first-order chi connectivity index (χ1) is 7.65. The smallest absolute Gasteiger partial charge is 0.147 e. The van der Waals surface area contributed by atoms with Crippen LogP contribution in [0.3, 0.4) is 0 Å². The molecular formula is C12H10BrFN2. The summed E-state index contributed by atoms with van der Waals surface area (Å²) in [5.74, 6) is -0.309. The standard InChI is InChI=1S/C12H10BrFN2/c13-8-4-5-12(11(14)6-8)16-10-3-1-2-9(15)7-10/h1-7,16H,15H2. The van der Waals surface area contributed by atoms with Crippen LogP contribution in [0.4, 0.5) is 21.5 Å². The Morgan fingerprint density at radius 2 is 1.94 bits per heavy atom. The molecule has 0 bridgehead atoms. The van der Waals surface area contributed by atoms with Crippen LogP contribution in [0.25, 0.3) is 0 Å². The zero-order chi connectivity index (χ0) is 11.5. The molecule has 2 rings (SSSR count).